The van der Waals surface area contributed by atoms with Crippen molar-refractivity contribution in [1.29, 1.82) is 0 Å². The Morgan fingerprint density at radius 2 is 1.70 bits per heavy atom. The van der Waals surface area contributed by atoms with Gasteiger partial charge in [0.05, 0.1) is 17.7 Å². The third-order valence-corrected chi connectivity index (χ3v) is 6.42. The average Bonchev–Trinajstić information content (AvgIpc) is 2.78. The Kier molecular flexibility index (Phi) is 5.21. The molecule has 0 aliphatic carbocycles. The van der Waals surface area contributed by atoms with E-state index in [0.29, 0.717) is 0 Å². The summed E-state index contributed by atoms with van der Waals surface area (Å²) in [5, 5.41) is 1.26. The van der Waals surface area contributed by atoms with E-state index in [1.165, 1.54) is 22.3 Å². The van der Waals surface area contributed by atoms with Crippen LogP contribution in [-0.2, 0) is 6.42 Å². The smallest absolute Gasteiger partial charge is 0.145 e. The fraction of sp³-hybridized carbons (Fsp3) is 0.400. The molecule has 1 fully saturated rings. The molecule has 2 aromatic carbocycles. The second kappa shape index (κ2) is 8.15. The second-order valence-corrected chi connectivity index (χ2v) is 8.41. The Morgan fingerprint density at radius 1 is 0.900 bits per heavy atom. The first-order valence-electron chi connectivity index (χ1n) is 11.0. The van der Waals surface area contributed by atoms with Gasteiger partial charge in [0, 0.05) is 56.5 Å². The van der Waals surface area contributed by atoms with Crippen molar-refractivity contribution in [3.63, 3.8) is 0 Å². The normalized spacial score (nSPS) is 17.1. The van der Waals surface area contributed by atoms with E-state index in [2.05, 4.69) is 77.2 Å². The molecule has 1 aromatic heterocycles. The van der Waals surface area contributed by atoms with Gasteiger partial charge in [0.15, 0.2) is 0 Å². The number of anilines is 2. The predicted molar refractivity (Wildman–Crippen MR) is 124 cm³/mol. The highest BCUT2D eigenvalue weighted by Gasteiger charge is 2.21. The standard InChI is InChI=1S/C25H30N4O/c1-19-9-10-21-22(26-19)6-4-7-23(21)29-15-13-28(14-16-29)12-11-20-5-3-8-24-25(20)30-18-17-27(24)2/h3-10H,11-18H2,1-2H3. The number of likely N-dealkylation sites (N-methyl/N-ethyl adjacent to an activating group) is 1. The number of aromatic nitrogens is 1. The van der Waals surface area contributed by atoms with Crippen molar-refractivity contribution in [2.75, 3.05) is 62.7 Å². The van der Waals surface area contributed by atoms with Crippen molar-refractivity contribution in [1.82, 2.24) is 9.88 Å². The van der Waals surface area contributed by atoms with Crippen molar-refractivity contribution < 1.29 is 4.74 Å². The summed E-state index contributed by atoms with van der Waals surface area (Å²) in [6.45, 7) is 9.15. The molecule has 2 aliphatic heterocycles. The highest BCUT2D eigenvalue weighted by Crippen LogP contribution is 2.34. The van der Waals surface area contributed by atoms with E-state index >= 15 is 0 Å². The molecule has 0 atom stereocenters. The van der Waals surface area contributed by atoms with Gasteiger partial charge in [0.25, 0.3) is 0 Å². The van der Waals surface area contributed by atoms with E-state index < -0.39 is 0 Å². The number of piperazine rings is 1. The predicted octanol–water partition coefficient (Wildman–Crippen LogP) is 3.74. The zero-order valence-corrected chi connectivity index (χ0v) is 18.0. The lowest BCUT2D eigenvalue weighted by Gasteiger charge is -2.37. The van der Waals surface area contributed by atoms with Gasteiger partial charge in [-0.3, -0.25) is 9.88 Å². The first-order valence-corrected chi connectivity index (χ1v) is 11.0. The summed E-state index contributed by atoms with van der Waals surface area (Å²) < 4.78 is 6.01. The fourth-order valence-electron chi connectivity index (χ4n) is 4.65. The van der Waals surface area contributed by atoms with Gasteiger partial charge >= 0.3 is 0 Å². The number of fused-ring (bicyclic) bond motifs is 2. The molecule has 3 heterocycles. The number of benzene rings is 2. The van der Waals surface area contributed by atoms with E-state index in [-0.39, 0.29) is 0 Å². The van der Waals surface area contributed by atoms with Gasteiger partial charge in [-0.25, -0.2) is 0 Å². The Bertz CT molecular complexity index is 1040. The van der Waals surface area contributed by atoms with E-state index in [1.807, 2.05) is 0 Å². The Morgan fingerprint density at radius 3 is 2.57 bits per heavy atom. The first-order chi connectivity index (χ1) is 14.7. The number of ether oxygens (including phenoxy) is 1. The number of hydrogen-bond donors (Lipinski definition) is 0. The minimum atomic E-state index is 0.776. The number of pyridine rings is 1. The average molecular weight is 403 g/mol. The van der Waals surface area contributed by atoms with Crippen molar-refractivity contribution >= 4 is 22.3 Å². The topological polar surface area (TPSA) is 31.8 Å². The molecule has 5 heteroatoms. The van der Waals surface area contributed by atoms with Crippen molar-refractivity contribution in [3.8, 4) is 5.75 Å². The van der Waals surface area contributed by atoms with Crippen LogP contribution in [0.5, 0.6) is 5.75 Å². The van der Waals surface area contributed by atoms with Crippen LogP contribution < -0.4 is 14.5 Å². The molecule has 2 aliphatic rings. The summed E-state index contributed by atoms with van der Waals surface area (Å²) >= 11 is 0. The summed E-state index contributed by atoms with van der Waals surface area (Å²) in [4.78, 5) is 12.1. The molecule has 0 amide bonds. The van der Waals surface area contributed by atoms with Crippen molar-refractivity contribution in [2.45, 2.75) is 13.3 Å². The van der Waals surface area contributed by atoms with Crippen LogP contribution in [0.4, 0.5) is 11.4 Å². The summed E-state index contributed by atoms with van der Waals surface area (Å²) in [6.07, 6.45) is 1.04. The number of para-hydroxylation sites is 1. The number of rotatable bonds is 4. The van der Waals surface area contributed by atoms with Crippen LogP contribution >= 0.6 is 0 Å². The molecule has 3 aromatic rings. The summed E-state index contributed by atoms with van der Waals surface area (Å²) in [6, 6.07) is 17.4. The SMILES string of the molecule is Cc1ccc2c(N3CCN(CCc4cccc5c4OCCN5C)CC3)cccc2n1. The molecule has 0 spiro atoms. The molecule has 156 valence electrons. The lowest BCUT2D eigenvalue weighted by atomic mass is 10.1. The molecule has 0 saturated carbocycles. The third-order valence-electron chi connectivity index (χ3n) is 6.42. The van der Waals surface area contributed by atoms with Crippen LogP contribution in [0.3, 0.4) is 0 Å². The van der Waals surface area contributed by atoms with Crippen LogP contribution in [0.2, 0.25) is 0 Å². The molecule has 30 heavy (non-hydrogen) atoms. The minimum absolute atomic E-state index is 0.776. The number of nitrogens with zero attached hydrogens (tertiary/aromatic N) is 4. The fourth-order valence-corrected chi connectivity index (χ4v) is 4.65. The van der Waals surface area contributed by atoms with Gasteiger partial charge in [-0.15, -0.1) is 0 Å². The van der Waals surface area contributed by atoms with Crippen LogP contribution in [0.15, 0.2) is 48.5 Å². The van der Waals surface area contributed by atoms with Gasteiger partial charge in [-0.2, -0.15) is 0 Å². The quantitative estimate of drug-likeness (QED) is 0.664. The van der Waals surface area contributed by atoms with E-state index in [9.17, 15) is 0 Å². The van der Waals surface area contributed by atoms with Crippen LogP contribution in [-0.4, -0.2) is 62.8 Å². The summed E-state index contributed by atoms with van der Waals surface area (Å²) in [5.41, 5.74) is 6.03. The molecule has 0 unspecified atom stereocenters. The Balaban J connectivity index is 1.23. The molecular weight excluding hydrogens is 372 g/mol. The minimum Gasteiger partial charge on any atom is -0.489 e. The zero-order valence-electron chi connectivity index (χ0n) is 18.0. The maximum atomic E-state index is 6.01. The molecule has 0 N–H and O–H groups in total. The van der Waals surface area contributed by atoms with Crippen LogP contribution in [0.1, 0.15) is 11.3 Å². The van der Waals surface area contributed by atoms with Gasteiger partial charge in [0.2, 0.25) is 0 Å². The van der Waals surface area contributed by atoms with Crippen LogP contribution in [0.25, 0.3) is 10.9 Å². The first kappa shape index (κ1) is 19.2. The lowest BCUT2D eigenvalue weighted by molar-refractivity contribution is 0.258. The van der Waals surface area contributed by atoms with Gasteiger partial charge < -0.3 is 14.5 Å². The largest absolute Gasteiger partial charge is 0.489 e. The molecule has 1 saturated heterocycles. The molecule has 0 bridgehead atoms. The number of hydrogen-bond acceptors (Lipinski definition) is 5. The van der Waals surface area contributed by atoms with Crippen LogP contribution in [0, 0.1) is 6.92 Å². The van der Waals surface area contributed by atoms with Gasteiger partial charge in [-0.05, 0) is 49.2 Å². The molecule has 5 nitrogen and oxygen atoms in total. The van der Waals surface area contributed by atoms with E-state index in [4.69, 9.17) is 9.72 Å². The lowest BCUT2D eigenvalue weighted by Crippen LogP contribution is -2.47. The summed E-state index contributed by atoms with van der Waals surface area (Å²) in [7, 11) is 2.15. The molecular formula is C25H30N4O. The summed E-state index contributed by atoms with van der Waals surface area (Å²) in [5.74, 6) is 1.09. The monoisotopic (exact) mass is 402 g/mol. The van der Waals surface area contributed by atoms with E-state index in [1.54, 1.807) is 0 Å². The van der Waals surface area contributed by atoms with E-state index in [0.717, 1.165) is 69.3 Å². The second-order valence-electron chi connectivity index (χ2n) is 8.41. The number of aryl methyl sites for hydroxylation is 1. The Hall–Kier alpha value is -2.79. The maximum Gasteiger partial charge on any atom is 0.145 e. The zero-order chi connectivity index (χ0) is 20.5. The third kappa shape index (κ3) is 3.70. The van der Waals surface area contributed by atoms with Gasteiger partial charge in [-0.1, -0.05) is 18.2 Å². The highest BCUT2D eigenvalue weighted by atomic mass is 16.5. The highest BCUT2D eigenvalue weighted by molar-refractivity contribution is 5.92. The molecule has 5 rings (SSSR count). The van der Waals surface area contributed by atoms with Gasteiger partial charge in [0.1, 0.15) is 12.4 Å². The van der Waals surface area contributed by atoms with Crippen molar-refractivity contribution in [3.05, 3.63) is 59.8 Å². The Labute approximate surface area is 178 Å². The molecule has 0 radical (unpaired) electrons. The maximum absolute atomic E-state index is 6.01. The van der Waals surface area contributed by atoms with Crippen molar-refractivity contribution in [2.24, 2.45) is 0 Å².